The lowest BCUT2D eigenvalue weighted by Crippen LogP contribution is -2.54. The number of rotatable bonds is 6. The molecule has 3 heterocycles. The predicted molar refractivity (Wildman–Crippen MR) is 106 cm³/mol. The molecule has 3 aliphatic rings. The zero-order valence-corrected chi connectivity index (χ0v) is 17.3. The minimum Gasteiger partial charge on any atom is -0.364 e. The van der Waals surface area contributed by atoms with Gasteiger partial charge in [0.15, 0.2) is 5.96 Å². The zero-order chi connectivity index (χ0) is 19.6. The number of piperazine rings is 1. The highest BCUT2D eigenvalue weighted by atomic mass is 32.2. The topological polar surface area (TPSA) is 94.3 Å². The molecule has 1 atom stereocenters. The fourth-order valence-corrected chi connectivity index (χ4v) is 5.56. The Morgan fingerprint density at radius 3 is 2.68 bits per heavy atom. The Hall–Kier alpha value is -1.65. The zero-order valence-electron chi connectivity index (χ0n) is 16.5. The van der Waals surface area contributed by atoms with Crippen molar-refractivity contribution in [2.75, 3.05) is 52.9 Å². The number of likely N-dealkylation sites (tertiary alicyclic amines) is 1. The molecule has 3 fully saturated rings. The van der Waals surface area contributed by atoms with Gasteiger partial charge in [0, 0.05) is 58.4 Å². The van der Waals surface area contributed by atoms with Crippen LogP contribution in [0.3, 0.4) is 0 Å². The molecular formula is C18H30N6O3S. The third-order valence-electron chi connectivity index (χ3n) is 5.89. The molecule has 1 unspecified atom stereocenters. The summed E-state index contributed by atoms with van der Waals surface area (Å²) in [5, 5.41) is 7.22. The van der Waals surface area contributed by atoms with Crippen molar-refractivity contribution in [3.05, 3.63) is 18.0 Å². The van der Waals surface area contributed by atoms with Crippen LogP contribution in [0.1, 0.15) is 25.0 Å². The van der Waals surface area contributed by atoms with Gasteiger partial charge in [-0.2, -0.15) is 4.31 Å². The van der Waals surface area contributed by atoms with E-state index >= 15 is 0 Å². The average Bonchev–Trinajstić information content (AvgIpc) is 3.21. The van der Waals surface area contributed by atoms with Crippen molar-refractivity contribution >= 4 is 16.0 Å². The van der Waals surface area contributed by atoms with Crippen molar-refractivity contribution in [1.82, 2.24) is 24.6 Å². The number of nitrogens with zero attached hydrogens (tertiary/aromatic N) is 5. The number of guanidine groups is 1. The maximum absolute atomic E-state index is 12.6. The van der Waals surface area contributed by atoms with Crippen LogP contribution < -0.4 is 5.32 Å². The Bertz CT molecular complexity index is 769. The number of hydrogen-bond acceptors (Lipinski definition) is 6. The van der Waals surface area contributed by atoms with Crippen molar-refractivity contribution in [1.29, 1.82) is 0 Å². The number of sulfonamides is 1. The molecule has 1 aromatic heterocycles. The van der Waals surface area contributed by atoms with Gasteiger partial charge in [-0.3, -0.25) is 4.99 Å². The van der Waals surface area contributed by atoms with Gasteiger partial charge in [0.2, 0.25) is 10.0 Å². The van der Waals surface area contributed by atoms with Crippen LogP contribution in [-0.2, 0) is 15.8 Å². The minimum absolute atomic E-state index is 0.115. The molecule has 156 valence electrons. The second-order valence-electron chi connectivity index (χ2n) is 7.94. The summed E-state index contributed by atoms with van der Waals surface area (Å²) in [5.41, 5.74) is 0.441. The Morgan fingerprint density at radius 2 is 2.04 bits per heavy atom. The van der Waals surface area contributed by atoms with Gasteiger partial charge in [0.05, 0.1) is 5.69 Å². The number of aromatic nitrogens is 1. The third-order valence-corrected chi connectivity index (χ3v) is 7.71. The Morgan fingerprint density at radius 1 is 1.25 bits per heavy atom. The fraction of sp³-hybridized carbons (Fsp3) is 0.778. The molecule has 0 radical (unpaired) electrons. The molecule has 0 aromatic carbocycles. The summed E-state index contributed by atoms with van der Waals surface area (Å²) in [6, 6.07) is 2.43. The lowest BCUT2D eigenvalue weighted by Gasteiger charge is -2.36. The molecule has 2 aliphatic heterocycles. The summed E-state index contributed by atoms with van der Waals surface area (Å²) in [4.78, 5) is 9.18. The Kier molecular flexibility index (Phi) is 5.88. The highest BCUT2D eigenvalue weighted by Gasteiger charge is 2.34. The first-order valence-electron chi connectivity index (χ1n) is 10.1. The van der Waals surface area contributed by atoms with Gasteiger partial charge in [-0.25, -0.2) is 8.42 Å². The maximum atomic E-state index is 12.6. The van der Waals surface area contributed by atoms with E-state index < -0.39 is 10.0 Å². The highest BCUT2D eigenvalue weighted by Crippen LogP contribution is 2.31. The van der Waals surface area contributed by atoms with Crippen molar-refractivity contribution in [3.63, 3.8) is 0 Å². The predicted octanol–water partition coefficient (Wildman–Crippen LogP) is 0.182. The first-order chi connectivity index (χ1) is 13.5. The number of aliphatic imine (C=N–C) groups is 1. The second kappa shape index (κ2) is 8.38. The van der Waals surface area contributed by atoms with Gasteiger partial charge in [-0.15, -0.1) is 0 Å². The quantitative estimate of drug-likeness (QED) is 0.528. The van der Waals surface area contributed by atoms with Crippen LogP contribution in [-0.4, -0.2) is 92.5 Å². The smallest absolute Gasteiger partial charge is 0.220 e. The minimum atomic E-state index is -3.38. The summed E-state index contributed by atoms with van der Waals surface area (Å²) >= 11 is 0. The molecule has 9 nitrogen and oxygen atoms in total. The SMILES string of the molecule is CN=C(NCC1CCN(C2CC2)C1)N1CCN(S(=O)(=O)Cc2ccon2)CC1. The summed E-state index contributed by atoms with van der Waals surface area (Å²) in [6.07, 6.45) is 5.37. The van der Waals surface area contributed by atoms with Crippen LogP contribution in [0.5, 0.6) is 0 Å². The highest BCUT2D eigenvalue weighted by molar-refractivity contribution is 7.88. The van der Waals surface area contributed by atoms with Crippen LogP contribution in [0.25, 0.3) is 0 Å². The fourth-order valence-electron chi connectivity index (χ4n) is 4.14. The Balaban J connectivity index is 1.24. The summed E-state index contributed by atoms with van der Waals surface area (Å²) < 4.78 is 31.4. The molecule has 0 amide bonds. The van der Waals surface area contributed by atoms with E-state index in [1.54, 1.807) is 13.1 Å². The molecule has 1 saturated carbocycles. The number of hydrogen-bond donors (Lipinski definition) is 1. The molecule has 28 heavy (non-hydrogen) atoms. The van der Waals surface area contributed by atoms with E-state index in [4.69, 9.17) is 4.52 Å². The van der Waals surface area contributed by atoms with E-state index in [-0.39, 0.29) is 5.75 Å². The Labute approximate surface area is 166 Å². The van der Waals surface area contributed by atoms with Crippen molar-refractivity contribution in [3.8, 4) is 0 Å². The standard InChI is InChI=1S/C18H30N6O3S/c1-19-18(20-12-15-4-6-23(13-15)17-2-3-17)22-7-9-24(10-8-22)28(25,26)14-16-5-11-27-21-16/h5,11,15,17H,2-4,6-10,12-14H2,1H3,(H,19,20). The summed E-state index contributed by atoms with van der Waals surface area (Å²) in [7, 11) is -1.58. The largest absolute Gasteiger partial charge is 0.364 e. The summed E-state index contributed by atoms with van der Waals surface area (Å²) in [5.74, 6) is 1.43. The average molecular weight is 411 g/mol. The monoisotopic (exact) mass is 410 g/mol. The van der Waals surface area contributed by atoms with E-state index in [0.717, 1.165) is 18.5 Å². The van der Waals surface area contributed by atoms with E-state index in [2.05, 4.69) is 25.3 Å². The van der Waals surface area contributed by atoms with E-state index in [9.17, 15) is 8.42 Å². The molecule has 1 aliphatic carbocycles. The summed E-state index contributed by atoms with van der Waals surface area (Å²) in [6.45, 7) is 5.52. The molecule has 2 saturated heterocycles. The molecule has 0 spiro atoms. The lowest BCUT2D eigenvalue weighted by atomic mass is 10.1. The molecular weight excluding hydrogens is 380 g/mol. The van der Waals surface area contributed by atoms with Crippen LogP contribution in [0.15, 0.2) is 21.8 Å². The molecule has 0 bridgehead atoms. The van der Waals surface area contributed by atoms with Crippen LogP contribution in [0, 0.1) is 5.92 Å². The van der Waals surface area contributed by atoms with Gasteiger partial charge in [-0.1, -0.05) is 5.16 Å². The molecule has 1 aromatic rings. The number of nitrogens with one attached hydrogen (secondary N) is 1. The van der Waals surface area contributed by atoms with Gasteiger partial charge < -0.3 is 19.6 Å². The van der Waals surface area contributed by atoms with Crippen molar-refractivity contribution in [2.24, 2.45) is 10.9 Å². The van der Waals surface area contributed by atoms with Crippen molar-refractivity contribution in [2.45, 2.75) is 31.1 Å². The maximum Gasteiger partial charge on any atom is 0.220 e. The van der Waals surface area contributed by atoms with Crippen LogP contribution >= 0.6 is 0 Å². The van der Waals surface area contributed by atoms with Gasteiger partial charge in [0.1, 0.15) is 12.0 Å². The van der Waals surface area contributed by atoms with Gasteiger partial charge in [0.25, 0.3) is 0 Å². The third kappa shape index (κ3) is 4.66. The van der Waals surface area contributed by atoms with Crippen LogP contribution in [0.2, 0.25) is 0 Å². The van der Waals surface area contributed by atoms with Crippen molar-refractivity contribution < 1.29 is 12.9 Å². The van der Waals surface area contributed by atoms with Gasteiger partial charge in [-0.05, 0) is 31.7 Å². The van der Waals surface area contributed by atoms with E-state index in [1.807, 2.05) is 0 Å². The first-order valence-corrected chi connectivity index (χ1v) is 11.7. The molecule has 1 N–H and O–H groups in total. The lowest BCUT2D eigenvalue weighted by molar-refractivity contribution is 0.258. The first kappa shape index (κ1) is 19.7. The normalized spacial score (nSPS) is 25.4. The second-order valence-corrected chi connectivity index (χ2v) is 9.91. The van der Waals surface area contributed by atoms with Gasteiger partial charge >= 0.3 is 0 Å². The van der Waals surface area contributed by atoms with E-state index in [1.165, 1.54) is 42.9 Å². The van der Waals surface area contributed by atoms with E-state index in [0.29, 0.717) is 37.8 Å². The van der Waals surface area contributed by atoms with Crippen LogP contribution in [0.4, 0.5) is 0 Å². The molecule has 10 heteroatoms. The molecule has 4 rings (SSSR count).